The third-order valence-corrected chi connectivity index (χ3v) is 5.96. The maximum atomic E-state index is 5.51. The van der Waals surface area contributed by atoms with Crippen LogP contribution in [0.5, 0.6) is 0 Å². The van der Waals surface area contributed by atoms with Crippen molar-refractivity contribution < 1.29 is 0 Å². The molecular formula is C14H13N3S3. The lowest BCUT2D eigenvalue weighted by Gasteiger charge is -2.30. The van der Waals surface area contributed by atoms with E-state index in [1.165, 1.54) is 21.9 Å². The van der Waals surface area contributed by atoms with Crippen LogP contribution < -0.4 is 0 Å². The molecule has 0 unspecified atom stereocenters. The fourth-order valence-electron chi connectivity index (χ4n) is 2.11. The van der Waals surface area contributed by atoms with Crippen LogP contribution in [0.2, 0.25) is 0 Å². The van der Waals surface area contributed by atoms with Crippen LogP contribution in [0.3, 0.4) is 0 Å². The second-order valence-electron chi connectivity index (χ2n) is 4.40. The van der Waals surface area contributed by atoms with Gasteiger partial charge >= 0.3 is 0 Å². The Kier molecular flexibility index (Phi) is 4.54. The Morgan fingerprint density at radius 1 is 1.10 bits per heavy atom. The fraction of sp³-hybridized carbons (Fsp3) is 0.214. The summed E-state index contributed by atoms with van der Waals surface area (Å²) in [5.41, 5.74) is 2.82. The molecule has 1 aromatic heterocycles. The molecule has 0 fully saturated rings. The molecule has 0 atom stereocenters. The van der Waals surface area contributed by atoms with E-state index in [2.05, 4.69) is 39.1 Å². The Hall–Kier alpha value is -1.11. The van der Waals surface area contributed by atoms with E-state index >= 15 is 0 Å². The van der Waals surface area contributed by atoms with Crippen LogP contribution in [0.4, 0.5) is 0 Å². The zero-order chi connectivity index (χ0) is 13.8. The van der Waals surface area contributed by atoms with Gasteiger partial charge in [-0.25, -0.2) is 9.97 Å². The summed E-state index contributed by atoms with van der Waals surface area (Å²) in [4.78, 5) is 10.6. The third-order valence-electron chi connectivity index (χ3n) is 3.12. The van der Waals surface area contributed by atoms with Gasteiger partial charge in [-0.1, -0.05) is 36.5 Å². The first-order valence-electron chi connectivity index (χ1n) is 6.30. The van der Waals surface area contributed by atoms with Crippen LogP contribution in [-0.4, -0.2) is 25.7 Å². The van der Waals surface area contributed by atoms with Crippen molar-refractivity contribution in [3.63, 3.8) is 0 Å². The molecule has 1 aliphatic rings. The molecule has 0 N–H and O–H groups in total. The fourth-order valence-corrected chi connectivity index (χ4v) is 4.19. The van der Waals surface area contributed by atoms with Gasteiger partial charge in [-0.05, 0) is 45.2 Å². The predicted molar refractivity (Wildman–Crippen MR) is 88.6 cm³/mol. The van der Waals surface area contributed by atoms with E-state index in [1.807, 2.05) is 6.07 Å². The number of rotatable bonds is 2. The highest BCUT2D eigenvalue weighted by atomic mass is 33.1. The normalized spacial score (nSPS) is 13.9. The highest BCUT2D eigenvalue weighted by molar-refractivity contribution is 8.83. The number of hydrogen-bond donors (Lipinski definition) is 0. The molecule has 2 aromatic rings. The van der Waals surface area contributed by atoms with Crippen molar-refractivity contribution in [2.45, 2.75) is 18.1 Å². The summed E-state index contributed by atoms with van der Waals surface area (Å²) in [5, 5.41) is 0.747. The van der Waals surface area contributed by atoms with E-state index in [-0.39, 0.29) is 0 Å². The van der Waals surface area contributed by atoms with Crippen LogP contribution in [0.25, 0.3) is 0 Å². The summed E-state index contributed by atoms with van der Waals surface area (Å²) in [5.74, 6) is 0. The first kappa shape index (κ1) is 13.9. The lowest BCUT2D eigenvalue weighted by Crippen LogP contribution is -2.32. The van der Waals surface area contributed by atoms with Gasteiger partial charge in [0.15, 0.2) is 5.16 Å². The largest absolute Gasteiger partial charge is 0.352 e. The lowest BCUT2D eigenvalue weighted by molar-refractivity contribution is 0.407. The summed E-state index contributed by atoms with van der Waals surface area (Å²) in [6, 6.07) is 10.4. The molecule has 3 rings (SSSR count). The van der Waals surface area contributed by atoms with Gasteiger partial charge in [0, 0.05) is 25.5 Å². The molecule has 0 aliphatic carbocycles. The van der Waals surface area contributed by atoms with Gasteiger partial charge in [-0.2, -0.15) is 0 Å². The highest BCUT2D eigenvalue weighted by Gasteiger charge is 2.18. The summed E-state index contributed by atoms with van der Waals surface area (Å²) in [6.07, 6.45) is 4.55. The Morgan fingerprint density at radius 3 is 2.65 bits per heavy atom. The van der Waals surface area contributed by atoms with Gasteiger partial charge in [0.05, 0.1) is 0 Å². The Morgan fingerprint density at radius 2 is 1.85 bits per heavy atom. The monoisotopic (exact) mass is 319 g/mol. The molecule has 20 heavy (non-hydrogen) atoms. The molecule has 0 radical (unpaired) electrons. The SMILES string of the molecule is S=C(SSc1ncccn1)N1CCc2ccccc2C1. The van der Waals surface area contributed by atoms with Crippen molar-refractivity contribution in [3.05, 3.63) is 53.9 Å². The molecule has 2 heterocycles. The molecule has 0 amide bonds. The smallest absolute Gasteiger partial charge is 0.198 e. The van der Waals surface area contributed by atoms with Crippen LogP contribution in [0.15, 0.2) is 47.9 Å². The molecule has 0 saturated heterocycles. The third kappa shape index (κ3) is 3.31. The van der Waals surface area contributed by atoms with E-state index < -0.39 is 0 Å². The first-order chi connectivity index (χ1) is 9.83. The molecule has 1 aromatic carbocycles. The summed E-state index contributed by atoms with van der Waals surface area (Å²) in [7, 11) is 3.07. The average Bonchev–Trinajstić information content (AvgIpc) is 2.53. The average molecular weight is 319 g/mol. The standard InChI is InChI=1S/C14H13N3S3/c18-14(20-19-13-15-7-3-8-16-13)17-9-6-11-4-1-2-5-12(11)10-17/h1-5,7-8H,6,9-10H2. The van der Waals surface area contributed by atoms with Gasteiger partial charge in [0.2, 0.25) is 0 Å². The minimum absolute atomic E-state index is 0.747. The summed E-state index contributed by atoms with van der Waals surface area (Å²) in [6.45, 7) is 1.89. The molecule has 0 bridgehead atoms. The number of hydrogen-bond acceptors (Lipinski definition) is 5. The molecule has 102 valence electrons. The summed E-state index contributed by atoms with van der Waals surface area (Å²) < 4.78 is 0.900. The minimum Gasteiger partial charge on any atom is -0.352 e. The second kappa shape index (κ2) is 6.56. The van der Waals surface area contributed by atoms with Crippen molar-refractivity contribution in [2.24, 2.45) is 0 Å². The van der Waals surface area contributed by atoms with Gasteiger partial charge in [-0.15, -0.1) is 0 Å². The van der Waals surface area contributed by atoms with Crippen molar-refractivity contribution in [1.82, 2.24) is 14.9 Å². The van der Waals surface area contributed by atoms with Gasteiger partial charge < -0.3 is 4.90 Å². The van der Waals surface area contributed by atoms with E-state index in [0.717, 1.165) is 29.0 Å². The zero-order valence-electron chi connectivity index (χ0n) is 10.7. The van der Waals surface area contributed by atoms with Gasteiger partial charge in [0.25, 0.3) is 0 Å². The van der Waals surface area contributed by atoms with Crippen LogP contribution in [0, 0.1) is 0 Å². The topological polar surface area (TPSA) is 29.0 Å². The Bertz CT molecular complexity index is 604. The maximum absolute atomic E-state index is 5.51. The molecule has 0 saturated carbocycles. The van der Waals surface area contributed by atoms with E-state index in [4.69, 9.17) is 12.2 Å². The quantitative estimate of drug-likeness (QED) is 0.478. The van der Waals surface area contributed by atoms with Crippen LogP contribution >= 0.6 is 33.8 Å². The molecular weight excluding hydrogens is 306 g/mol. The number of benzene rings is 1. The Balaban J connectivity index is 1.59. The van der Waals surface area contributed by atoms with Gasteiger partial charge in [0.1, 0.15) is 4.32 Å². The number of nitrogens with zero attached hydrogens (tertiary/aromatic N) is 3. The first-order valence-corrected chi connectivity index (χ1v) is 8.86. The van der Waals surface area contributed by atoms with Crippen molar-refractivity contribution in [3.8, 4) is 0 Å². The Labute approximate surface area is 131 Å². The molecule has 0 spiro atoms. The molecule has 3 nitrogen and oxygen atoms in total. The summed E-state index contributed by atoms with van der Waals surface area (Å²) >= 11 is 5.51. The maximum Gasteiger partial charge on any atom is 0.198 e. The van der Waals surface area contributed by atoms with Crippen molar-refractivity contribution in [1.29, 1.82) is 0 Å². The van der Waals surface area contributed by atoms with Crippen molar-refractivity contribution >= 4 is 38.1 Å². The predicted octanol–water partition coefficient (Wildman–Crippen LogP) is 3.56. The lowest BCUT2D eigenvalue weighted by atomic mass is 10.0. The number of thiocarbonyl (C=S) groups is 1. The molecule has 6 heteroatoms. The van der Waals surface area contributed by atoms with Crippen molar-refractivity contribution in [2.75, 3.05) is 6.54 Å². The zero-order valence-corrected chi connectivity index (χ0v) is 13.2. The number of fused-ring (bicyclic) bond motifs is 1. The van der Waals surface area contributed by atoms with E-state index in [0.29, 0.717) is 0 Å². The van der Waals surface area contributed by atoms with Gasteiger partial charge in [-0.3, -0.25) is 0 Å². The minimum atomic E-state index is 0.747. The van der Waals surface area contributed by atoms with E-state index in [9.17, 15) is 0 Å². The van der Waals surface area contributed by atoms with E-state index in [1.54, 1.807) is 23.2 Å². The second-order valence-corrected chi connectivity index (χ2v) is 7.13. The van der Waals surface area contributed by atoms with Crippen LogP contribution in [-0.2, 0) is 13.0 Å². The van der Waals surface area contributed by atoms with Crippen LogP contribution in [0.1, 0.15) is 11.1 Å². The highest BCUT2D eigenvalue weighted by Crippen LogP contribution is 2.32. The molecule has 1 aliphatic heterocycles. The number of aromatic nitrogens is 2.